The Labute approximate surface area is 150 Å². The average Bonchev–Trinajstić information content (AvgIpc) is 3.12. The van der Waals surface area contributed by atoms with Crippen molar-refractivity contribution in [3.05, 3.63) is 32.6 Å². The number of hydrogen-bond acceptors (Lipinski definition) is 6. The molecule has 0 radical (unpaired) electrons. The van der Waals surface area contributed by atoms with Crippen LogP contribution in [0.15, 0.2) is 16.3 Å². The summed E-state index contributed by atoms with van der Waals surface area (Å²) < 4.78 is 23.4. The Bertz CT molecular complexity index is 867. The molecule has 0 fully saturated rings. The molecule has 1 aliphatic rings. The molecule has 0 saturated carbocycles. The Hall–Kier alpha value is -1.25. The first-order valence-electron chi connectivity index (χ1n) is 7.77. The summed E-state index contributed by atoms with van der Waals surface area (Å²) in [6.07, 6.45) is 4.40. The second-order valence-corrected chi connectivity index (χ2v) is 10.8. The maximum atomic E-state index is 12.6. The van der Waals surface area contributed by atoms with Gasteiger partial charge in [0, 0.05) is 30.6 Å². The molecule has 0 N–H and O–H groups in total. The molecule has 5 nitrogen and oxygen atoms in total. The molecule has 0 aromatic carbocycles. The highest BCUT2D eigenvalue weighted by Gasteiger charge is 2.27. The van der Waals surface area contributed by atoms with Crippen molar-refractivity contribution in [1.29, 1.82) is 0 Å². The monoisotopic (exact) mass is 384 g/mol. The normalized spacial score (nSPS) is 17.5. The number of nitrogens with zero attached hydrogens (tertiary/aromatic N) is 2. The lowest BCUT2D eigenvalue weighted by Crippen LogP contribution is -2.31. The summed E-state index contributed by atoms with van der Waals surface area (Å²) in [7, 11) is -1.49. The Balaban J connectivity index is 1.74. The van der Waals surface area contributed by atoms with E-state index in [4.69, 9.17) is 0 Å². The summed E-state index contributed by atoms with van der Waals surface area (Å²) in [6.45, 7) is 2.63. The van der Waals surface area contributed by atoms with Crippen LogP contribution in [0.5, 0.6) is 0 Å². The van der Waals surface area contributed by atoms with E-state index in [-0.39, 0.29) is 16.0 Å². The van der Waals surface area contributed by atoms with Gasteiger partial charge in [0.1, 0.15) is 4.21 Å². The lowest BCUT2D eigenvalue weighted by atomic mass is 9.90. The van der Waals surface area contributed by atoms with Crippen molar-refractivity contribution in [2.75, 3.05) is 19.8 Å². The second-order valence-electron chi connectivity index (χ2n) is 6.21. The molecule has 8 heteroatoms. The minimum absolute atomic E-state index is 0.131. The number of aromatic nitrogens is 1. The number of thiazole rings is 1. The summed E-state index contributed by atoms with van der Waals surface area (Å²) in [5.74, 6) is 0.135. The Kier molecular flexibility index (Phi) is 4.81. The van der Waals surface area contributed by atoms with Crippen LogP contribution in [-0.4, -0.2) is 44.1 Å². The average molecular weight is 385 g/mol. The molecular weight excluding hydrogens is 364 g/mol. The number of fused-ring (bicyclic) bond motifs is 1. The van der Waals surface area contributed by atoms with Gasteiger partial charge in [0.2, 0.25) is 0 Å². The highest BCUT2D eigenvalue weighted by molar-refractivity contribution is 7.92. The number of thiophene rings is 1. The second kappa shape index (κ2) is 6.57. The number of sulfone groups is 1. The third-order valence-electron chi connectivity index (χ3n) is 4.18. The third-order valence-corrected chi connectivity index (χ3v) is 8.12. The van der Waals surface area contributed by atoms with E-state index in [1.165, 1.54) is 10.9 Å². The topological polar surface area (TPSA) is 67.3 Å². The fourth-order valence-electron chi connectivity index (χ4n) is 3.04. The molecule has 1 aliphatic carbocycles. The number of amides is 1. The highest BCUT2D eigenvalue weighted by atomic mass is 32.2. The number of carbonyl (C=O) groups is 1. The van der Waals surface area contributed by atoms with Gasteiger partial charge in [0.15, 0.2) is 9.84 Å². The van der Waals surface area contributed by atoms with Crippen molar-refractivity contribution >= 4 is 38.4 Å². The number of likely N-dealkylation sites (N-methyl/N-ethyl adjacent to an activating group) is 1. The fourth-order valence-corrected chi connectivity index (χ4v) is 6.03. The lowest BCUT2D eigenvalue weighted by molar-refractivity contribution is 0.0787. The van der Waals surface area contributed by atoms with Crippen LogP contribution in [0.2, 0.25) is 0 Å². The first kappa shape index (κ1) is 17.6. The van der Waals surface area contributed by atoms with Crippen molar-refractivity contribution in [3.8, 4) is 0 Å². The number of carbonyl (C=O) groups excluding carboxylic acids is 1. The minimum atomic E-state index is -3.27. The minimum Gasteiger partial charge on any atom is -0.340 e. The van der Waals surface area contributed by atoms with Gasteiger partial charge in [0.05, 0.1) is 15.6 Å². The maximum absolute atomic E-state index is 12.6. The Morgan fingerprint density at radius 2 is 2.12 bits per heavy atom. The largest absolute Gasteiger partial charge is 0.340 e. The predicted octanol–water partition coefficient (Wildman–Crippen LogP) is 3.11. The number of hydrogen-bond donors (Lipinski definition) is 0. The predicted molar refractivity (Wildman–Crippen MR) is 96.9 cm³/mol. The van der Waals surface area contributed by atoms with E-state index in [1.807, 2.05) is 6.92 Å². The van der Waals surface area contributed by atoms with Crippen LogP contribution in [0, 0.1) is 6.92 Å². The zero-order valence-electron chi connectivity index (χ0n) is 13.9. The summed E-state index contributed by atoms with van der Waals surface area (Å²) in [6, 6.07) is 3.10. The van der Waals surface area contributed by atoms with Gasteiger partial charge in [-0.1, -0.05) is 0 Å². The smallest absolute Gasteiger partial charge is 0.263 e. The molecule has 0 aliphatic heterocycles. The van der Waals surface area contributed by atoms with Crippen LogP contribution in [0.4, 0.5) is 0 Å². The van der Waals surface area contributed by atoms with Gasteiger partial charge in [-0.05, 0) is 38.3 Å². The van der Waals surface area contributed by atoms with Crippen molar-refractivity contribution in [1.82, 2.24) is 9.88 Å². The van der Waals surface area contributed by atoms with Crippen LogP contribution in [-0.2, 0) is 16.3 Å². The first-order chi connectivity index (χ1) is 11.3. The van der Waals surface area contributed by atoms with E-state index in [0.717, 1.165) is 47.6 Å². The van der Waals surface area contributed by atoms with E-state index in [9.17, 15) is 13.2 Å². The van der Waals surface area contributed by atoms with E-state index < -0.39 is 9.84 Å². The van der Waals surface area contributed by atoms with Crippen LogP contribution in [0.1, 0.15) is 44.0 Å². The Morgan fingerprint density at radius 3 is 2.79 bits per heavy atom. The van der Waals surface area contributed by atoms with E-state index in [0.29, 0.717) is 11.4 Å². The Morgan fingerprint density at radius 1 is 1.38 bits per heavy atom. The van der Waals surface area contributed by atoms with Gasteiger partial charge < -0.3 is 4.90 Å². The van der Waals surface area contributed by atoms with Crippen molar-refractivity contribution < 1.29 is 13.2 Å². The third kappa shape index (κ3) is 3.55. The van der Waals surface area contributed by atoms with Gasteiger partial charge in [-0.2, -0.15) is 0 Å². The van der Waals surface area contributed by atoms with Gasteiger partial charge in [-0.15, -0.1) is 22.7 Å². The van der Waals surface area contributed by atoms with Crippen LogP contribution < -0.4 is 0 Å². The van der Waals surface area contributed by atoms with Crippen LogP contribution in [0.3, 0.4) is 0 Å². The number of aryl methyl sites for hydroxylation is 2. The molecule has 2 heterocycles. The number of rotatable bonds is 4. The maximum Gasteiger partial charge on any atom is 0.263 e. The SMILES string of the molecule is Cc1nc2c(s1)CCCC2CN(C)C(=O)c1ccc(S(C)(=O)=O)s1. The van der Waals surface area contributed by atoms with Gasteiger partial charge in [-0.3, -0.25) is 4.79 Å². The molecule has 3 rings (SSSR count). The summed E-state index contributed by atoms with van der Waals surface area (Å²) in [5, 5.41) is 1.08. The molecule has 2 aromatic rings. The molecule has 2 aromatic heterocycles. The zero-order chi connectivity index (χ0) is 17.5. The molecule has 0 bridgehead atoms. The van der Waals surface area contributed by atoms with E-state index in [2.05, 4.69) is 4.98 Å². The molecule has 0 spiro atoms. The van der Waals surface area contributed by atoms with Crippen molar-refractivity contribution in [3.63, 3.8) is 0 Å². The van der Waals surface area contributed by atoms with Gasteiger partial charge in [0.25, 0.3) is 5.91 Å². The summed E-state index contributed by atoms with van der Waals surface area (Å²) in [4.78, 5) is 20.8. The lowest BCUT2D eigenvalue weighted by Gasteiger charge is -2.26. The summed E-state index contributed by atoms with van der Waals surface area (Å²) >= 11 is 2.79. The van der Waals surface area contributed by atoms with Gasteiger partial charge >= 0.3 is 0 Å². The first-order valence-corrected chi connectivity index (χ1v) is 11.3. The molecule has 0 saturated heterocycles. The van der Waals surface area contributed by atoms with Crippen molar-refractivity contribution in [2.24, 2.45) is 0 Å². The van der Waals surface area contributed by atoms with Crippen molar-refractivity contribution in [2.45, 2.75) is 36.3 Å². The standard InChI is InChI=1S/C16H20N2O3S3/c1-10-17-15-11(5-4-6-12(15)22-10)9-18(2)16(19)13-7-8-14(23-13)24(3,20)21/h7-8,11H,4-6,9H2,1-3H3. The van der Waals surface area contributed by atoms with E-state index in [1.54, 1.807) is 29.4 Å². The quantitative estimate of drug-likeness (QED) is 0.812. The van der Waals surface area contributed by atoms with Crippen LogP contribution >= 0.6 is 22.7 Å². The van der Waals surface area contributed by atoms with Gasteiger partial charge in [-0.25, -0.2) is 13.4 Å². The summed E-state index contributed by atoms with van der Waals surface area (Å²) in [5.41, 5.74) is 1.14. The zero-order valence-corrected chi connectivity index (χ0v) is 16.4. The highest BCUT2D eigenvalue weighted by Crippen LogP contribution is 2.35. The molecule has 1 amide bonds. The molecule has 1 atom stereocenters. The molecule has 1 unspecified atom stereocenters. The van der Waals surface area contributed by atoms with E-state index >= 15 is 0 Å². The molecule has 130 valence electrons. The van der Waals surface area contributed by atoms with Crippen LogP contribution in [0.25, 0.3) is 0 Å². The molecular formula is C16H20N2O3S3. The fraction of sp³-hybridized carbons (Fsp3) is 0.500. The molecule has 24 heavy (non-hydrogen) atoms.